The van der Waals surface area contributed by atoms with E-state index in [1.807, 2.05) is 44.2 Å². The Morgan fingerprint density at radius 1 is 1.19 bits per heavy atom. The van der Waals surface area contributed by atoms with Crippen molar-refractivity contribution in [1.29, 1.82) is 0 Å². The molecule has 2 heterocycles. The number of nitrogens with one attached hydrogen (secondary N) is 1. The van der Waals surface area contributed by atoms with Gasteiger partial charge >= 0.3 is 5.76 Å². The third kappa shape index (κ3) is 4.15. The molecule has 32 heavy (non-hydrogen) atoms. The van der Waals surface area contributed by atoms with E-state index < -0.39 is 10.7 Å². The van der Waals surface area contributed by atoms with Crippen LogP contribution in [0.3, 0.4) is 0 Å². The number of hydrogen-bond donors (Lipinski definition) is 1. The van der Waals surface area contributed by atoms with Crippen LogP contribution in [0.4, 0.5) is 11.4 Å². The summed E-state index contributed by atoms with van der Waals surface area (Å²) >= 11 is 0. The van der Waals surface area contributed by atoms with E-state index in [1.165, 1.54) is 22.8 Å². The van der Waals surface area contributed by atoms with Crippen molar-refractivity contribution in [3.63, 3.8) is 0 Å². The molecular formula is C22H21N5O5. The number of hydrogen-bond acceptors (Lipinski definition) is 6. The van der Waals surface area contributed by atoms with Crippen LogP contribution in [-0.4, -0.2) is 25.2 Å². The number of nitro groups is 1. The number of nitrogens with zero attached hydrogens (tertiary/aromatic N) is 4. The second kappa shape index (κ2) is 8.50. The summed E-state index contributed by atoms with van der Waals surface area (Å²) in [4.78, 5) is 35.0. The standard InChI is InChI=1S/C22H21N5O5/c1-14-12-15(2)26(24-14)18-7-4-3-6-17(18)23-21(28)8-5-11-25-19-10-9-16(27(30)31)13-20(19)32-22(25)29/h3-4,6-7,9-10,12-13H,5,8,11H2,1-2H3,(H,23,28). The molecule has 2 aromatic heterocycles. The average Bonchev–Trinajstić information content (AvgIpc) is 3.25. The molecule has 10 nitrogen and oxygen atoms in total. The molecule has 0 saturated carbocycles. The molecule has 0 saturated heterocycles. The third-order valence-corrected chi connectivity index (χ3v) is 5.06. The van der Waals surface area contributed by atoms with Gasteiger partial charge in [0, 0.05) is 24.7 Å². The number of non-ortho nitro benzene ring substituents is 1. The first-order chi connectivity index (χ1) is 15.3. The minimum atomic E-state index is -0.615. The van der Waals surface area contributed by atoms with E-state index in [0.717, 1.165) is 17.1 Å². The fourth-order valence-corrected chi connectivity index (χ4v) is 3.63. The Kier molecular flexibility index (Phi) is 5.59. The van der Waals surface area contributed by atoms with Gasteiger partial charge in [-0.2, -0.15) is 5.10 Å². The number of fused-ring (bicyclic) bond motifs is 1. The van der Waals surface area contributed by atoms with Crippen molar-refractivity contribution in [1.82, 2.24) is 14.3 Å². The normalized spacial score (nSPS) is 11.1. The Balaban J connectivity index is 1.44. The summed E-state index contributed by atoms with van der Waals surface area (Å²) in [5.41, 5.74) is 3.69. The van der Waals surface area contributed by atoms with Crippen molar-refractivity contribution in [3.8, 4) is 5.69 Å². The number of rotatable bonds is 7. The molecule has 0 aliphatic carbocycles. The van der Waals surface area contributed by atoms with Crippen LogP contribution in [0.25, 0.3) is 16.8 Å². The first-order valence-corrected chi connectivity index (χ1v) is 10.0. The number of oxazole rings is 1. The second-order valence-electron chi connectivity index (χ2n) is 7.44. The Morgan fingerprint density at radius 3 is 2.69 bits per heavy atom. The average molecular weight is 435 g/mol. The quantitative estimate of drug-likeness (QED) is 0.348. The lowest BCUT2D eigenvalue weighted by molar-refractivity contribution is -0.384. The van der Waals surface area contributed by atoms with E-state index >= 15 is 0 Å². The van der Waals surface area contributed by atoms with Crippen LogP contribution in [-0.2, 0) is 11.3 Å². The zero-order valence-electron chi connectivity index (χ0n) is 17.6. The topological polar surface area (TPSA) is 125 Å². The minimum Gasteiger partial charge on any atom is -0.407 e. The minimum absolute atomic E-state index is 0.146. The maximum atomic E-state index is 12.6. The molecule has 0 spiro atoms. The molecule has 10 heteroatoms. The van der Waals surface area contributed by atoms with Crippen molar-refractivity contribution in [2.75, 3.05) is 5.32 Å². The van der Waals surface area contributed by atoms with Gasteiger partial charge in [-0.25, -0.2) is 9.48 Å². The van der Waals surface area contributed by atoms with Crippen LogP contribution >= 0.6 is 0 Å². The van der Waals surface area contributed by atoms with E-state index in [0.29, 0.717) is 17.6 Å². The summed E-state index contributed by atoms with van der Waals surface area (Å²) in [5, 5.41) is 18.3. The van der Waals surface area contributed by atoms with Crippen LogP contribution < -0.4 is 11.1 Å². The molecule has 1 amide bonds. The molecule has 164 valence electrons. The largest absolute Gasteiger partial charge is 0.419 e. The smallest absolute Gasteiger partial charge is 0.407 e. The SMILES string of the molecule is Cc1cc(C)n(-c2ccccc2NC(=O)CCCn2c(=O)oc3cc([N+](=O)[O-])ccc32)n1. The third-order valence-electron chi connectivity index (χ3n) is 5.06. The monoisotopic (exact) mass is 435 g/mol. The lowest BCUT2D eigenvalue weighted by atomic mass is 10.2. The van der Waals surface area contributed by atoms with Crippen LogP contribution in [0.1, 0.15) is 24.2 Å². The number of anilines is 1. The molecule has 0 atom stereocenters. The molecular weight excluding hydrogens is 414 g/mol. The van der Waals surface area contributed by atoms with Gasteiger partial charge < -0.3 is 9.73 Å². The Morgan fingerprint density at radius 2 is 1.97 bits per heavy atom. The summed E-state index contributed by atoms with van der Waals surface area (Å²) in [6, 6.07) is 13.4. The molecule has 0 radical (unpaired) electrons. The number of para-hydroxylation sites is 2. The molecule has 0 fully saturated rings. The van der Waals surface area contributed by atoms with Crippen molar-refractivity contribution in [3.05, 3.63) is 80.6 Å². The highest BCUT2D eigenvalue weighted by Crippen LogP contribution is 2.23. The summed E-state index contributed by atoms with van der Waals surface area (Å²) in [5.74, 6) is -0.814. The van der Waals surface area contributed by atoms with Gasteiger partial charge in [0.05, 0.1) is 33.6 Å². The number of amides is 1. The zero-order valence-corrected chi connectivity index (χ0v) is 17.6. The number of carbonyl (C=O) groups is 1. The van der Waals surface area contributed by atoms with Crippen molar-refractivity contribution < 1.29 is 14.1 Å². The van der Waals surface area contributed by atoms with Gasteiger partial charge in [0.2, 0.25) is 5.91 Å². The highest BCUT2D eigenvalue weighted by Gasteiger charge is 2.15. The van der Waals surface area contributed by atoms with Crippen LogP contribution in [0.5, 0.6) is 0 Å². The lowest BCUT2D eigenvalue weighted by Crippen LogP contribution is -2.17. The van der Waals surface area contributed by atoms with Crippen molar-refractivity contribution in [2.24, 2.45) is 0 Å². The number of carbonyl (C=O) groups excluding carboxylic acids is 1. The summed E-state index contributed by atoms with van der Waals surface area (Å²) in [7, 11) is 0. The molecule has 4 rings (SSSR count). The van der Waals surface area contributed by atoms with Crippen LogP contribution in [0.15, 0.2) is 57.7 Å². The van der Waals surface area contributed by atoms with Crippen molar-refractivity contribution in [2.45, 2.75) is 33.2 Å². The van der Waals surface area contributed by atoms with Gasteiger partial charge in [-0.05, 0) is 44.5 Å². The highest BCUT2D eigenvalue weighted by molar-refractivity contribution is 5.92. The van der Waals surface area contributed by atoms with Gasteiger partial charge in [-0.1, -0.05) is 12.1 Å². The molecule has 0 unspecified atom stereocenters. The Labute approximate surface area is 182 Å². The molecule has 0 bridgehead atoms. The lowest BCUT2D eigenvalue weighted by Gasteiger charge is -2.12. The Hall–Kier alpha value is -4.21. The number of benzene rings is 2. The predicted molar refractivity (Wildman–Crippen MR) is 118 cm³/mol. The highest BCUT2D eigenvalue weighted by atomic mass is 16.6. The van der Waals surface area contributed by atoms with Crippen LogP contribution in [0.2, 0.25) is 0 Å². The fraction of sp³-hybridized carbons (Fsp3) is 0.227. The van der Waals surface area contributed by atoms with E-state index in [2.05, 4.69) is 10.4 Å². The maximum absolute atomic E-state index is 12.6. The second-order valence-corrected chi connectivity index (χ2v) is 7.44. The van der Waals surface area contributed by atoms with E-state index in [1.54, 1.807) is 4.68 Å². The van der Waals surface area contributed by atoms with E-state index in [9.17, 15) is 19.7 Å². The van der Waals surface area contributed by atoms with E-state index in [-0.39, 0.29) is 30.1 Å². The molecule has 1 N–H and O–H groups in total. The molecule has 0 aliphatic heterocycles. The summed E-state index contributed by atoms with van der Waals surface area (Å²) in [6.45, 7) is 4.10. The maximum Gasteiger partial charge on any atom is 0.419 e. The van der Waals surface area contributed by atoms with Crippen LogP contribution in [0, 0.1) is 24.0 Å². The zero-order chi connectivity index (χ0) is 22.8. The van der Waals surface area contributed by atoms with Gasteiger partial charge in [-0.15, -0.1) is 0 Å². The Bertz CT molecular complexity index is 1380. The number of aromatic nitrogens is 3. The molecule has 0 aliphatic rings. The molecule has 4 aromatic rings. The van der Waals surface area contributed by atoms with Gasteiger partial charge in [-0.3, -0.25) is 19.5 Å². The van der Waals surface area contributed by atoms with Gasteiger partial charge in [0.25, 0.3) is 5.69 Å². The first kappa shape index (κ1) is 21.0. The number of aryl methyl sites for hydroxylation is 3. The van der Waals surface area contributed by atoms with E-state index in [4.69, 9.17) is 4.42 Å². The van der Waals surface area contributed by atoms with Crippen molar-refractivity contribution >= 4 is 28.4 Å². The predicted octanol–water partition coefficient (Wildman–Crippen LogP) is 3.72. The summed E-state index contributed by atoms with van der Waals surface area (Å²) in [6.07, 6.45) is 0.566. The molecule has 2 aromatic carbocycles. The fourth-order valence-electron chi connectivity index (χ4n) is 3.63. The summed E-state index contributed by atoms with van der Waals surface area (Å²) < 4.78 is 8.26. The van der Waals surface area contributed by atoms with Gasteiger partial charge in [0.15, 0.2) is 5.58 Å². The number of nitro benzene ring substituents is 1. The van der Waals surface area contributed by atoms with Gasteiger partial charge in [0.1, 0.15) is 0 Å². The first-order valence-electron chi connectivity index (χ1n) is 10.0.